The van der Waals surface area contributed by atoms with Gasteiger partial charge in [0, 0.05) is 35.8 Å². The molecular weight excluding hydrogens is 486 g/mol. The van der Waals surface area contributed by atoms with Crippen LogP contribution in [0, 0.1) is 0 Å². The number of aryl methyl sites for hydroxylation is 1. The number of benzene rings is 2. The Morgan fingerprint density at radius 1 is 1.17 bits per heavy atom. The molecule has 1 aliphatic heterocycles. The lowest BCUT2D eigenvalue weighted by Crippen LogP contribution is -2.30. The van der Waals surface area contributed by atoms with E-state index in [1.807, 2.05) is 29.0 Å². The highest BCUT2D eigenvalue weighted by Gasteiger charge is 2.35. The fourth-order valence-corrected chi connectivity index (χ4v) is 5.00. The first-order valence-corrected chi connectivity index (χ1v) is 12.5. The minimum atomic E-state index is -0.334. The van der Waals surface area contributed by atoms with Crippen molar-refractivity contribution in [2.45, 2.75) is 26.4 Å². The second-order valence-corrected chi connectivity index (χ2v) is 9.55. The van der Waals surface area contributed by atoms with Gasteiger partial charge in [0.2, 0.25) is 5.91 Å². The van der Waals surface area contributed by atoms with Gasteiger partial charge in [-0.3, -0.25) is 19.3 Å². The van der Waals surface area contributed by atoms with Crippen LogP contribution in [0.1, 0.15) is 23.6 Å². The van der Waals surface area contributed by atoms with E-state index >= 15 is 0 Å². The molecule has 35 heavy (non-hydrogen) atoms. The predicted molar refractivity (Wildman–Crippen MR) is 139 cm³/mol. The van der Waals surface area contributed by atoms with Crippen molar-refractivity contribution in [3.05, 3.63) is 75.3 Å². The monoisotopic (exact) mass is 511 g/mol. The number of aromatic nitrogens is 1. The van der Waals surface area contributed by atoms with Gasteiger partial charge in [-0.1, -0.05) is 48.9 Å². The number of ether oxygens (including phenoxy) is 1. The van der Waals surface area contributed by atoms with Crippen molar-refractivity contribution in [1.29, 1.82) is 0 Å². The van der Waals surface area contributed by atoms with E-state index < -0.39 is 0 Å². The van der Waals surface area contributed by atoms with Crippen LogP contribution in [-0.4, -0.2) is 46.8 Å². The van der Waals surface area contributed by atoms with Crippen LogP contribution >= 0.6 is 23.4 Å². The molecule has 4 rings (SSSR count). The molecule has 1 fully saturated rings. The lowest BCUT2D eigenvalue weighted by Gasteiger charge is -2.12. The molecule has 0 unspecified atom stereocenters. The molecule has 0 atom stereocenters. The van der Waals surface area contributed by atoms with Gasteiger partial charge < -0.3 is 14.6 Å². The maximum absolute atomic E-state index is 13.1. The molecule has 3 aromatic rings. The maximum atomic E-state index is 13.1. The number of carbonyl (C=O) groups is 3. The van der Waals surface area contributed by atoms with E-state index in [9.17, 15) is 14.4 Å². The van der Waals surface area contributed by atoms with Gasteiger partial charge in [-0.15, -0.1) is 0 Å². The van der Waals surface area contributed by atoms with E-state index in [0.717, 1.165) is 45.8 Å². The third-order valence-electron chi connectivity index (χ3n) is 5.75. The molecule has 3 amide bonds. The minimum absolute atomic E-state index is 0.125. The highest BCUT2D eigenvalue weighted by atomic mass is 35.5. The zero-order valence-electron chi connectivity index (χ0n) is 19.5. The van der Waals surface area contributed by atoms with Crippen molar-refractivity contribution in [1.82, 2.24) is 14.8 Å². The molecule has 7 nitrogen and oxygen atoms in total. The van der Waals surface area contributed by atoms with Crippen LogP contribution in [0.15, 0.2) is 53.6 Å². The topological polar surface area (TPSA) is 80.6 Å². The Hall–Kier alpha value is -3.07. The molecule has 1 aromatic heterocycles. The number of carbonyl (C=O) groups excluding carboxylic acids is 3. The van der Waals surface area contributed by atoms with Gasteiger partial charge in [0.1, 0.15) is 6.54 Å². The quantitative estimate of drug-likeness (QED) is 0.328. The normalized spacial score (nSPS) is 14.9. The third-order valence-corrected chi connectivity index (χ3v) is 6.91. The van der Waals surface area contributed by atoms with Crippen molar-refractivity contribution in [2.24, 2.45) is 0 Å². The first kappa shape index (κ1) is 25.0. The zero-order valence-corrected chi connectivity index (χ0v) is 21.1. The van der Waals surface area contributed by atoms with Gasteiger partial charge in [-0.25, -0.2) is 0 Å². The van der Waals surface area contributed by atoms with Crippen molar-refractivity contribution in [3.8, 4) is 0 Å². The first-order chi connectivity index (χ1) is 16.9. The van der Waals surface area contributed by atoms with Crippen LogP contribution in [0.2, 0.25) is 5.02 Å². The fraction of sp³-hybridized carbons (Fsp3) is 0.269. The average molecular weight is 512 g/mol. The van der Waals surface area contributed by atoms with Crippen LogP contribution in [0.3, 0.4) is 0 Å². The Morgan fingerprint density at radius 3 is 2.66 bits per heavy atom. The Morgan fingerprint density at radius 2 is 1.94 bits per heavy atom. The number of halogens is 1. The lowest BCUT2D eigenvalue weighted by molar-refractivity contribution is -0.123. The molecule has 0 aliphatic carbocycles. The van der Waals surface area contributed by atoms with E-state index in [2.05, 4.69) is 12.2 Å². The van der Waals surface area contributed by atoms with E-state index in [1.165, 1.54) is 4.90 Å². The molecule has 0 saturated carbocycles. The number of fused-ring (bicyclic) bond motifs is 1. The van der Waals surface area contributed by atoms with E-state index in [4.69, 9.17) is 16.3 Å². The van der Waals surface area contributed by atoms with Crippen molar-refractivity contribution in [2.75, 3.05) is 20.3 Å². The summed E-state index contributed by atoms with van der Waals surface area (Å²) in [6.45, 7) is 3.26. The summed E-state index contributed by atoms with van der Waals surface area (Å²) < 4.78 is 6.90. The number of nitrogens with zero attached hydrogens (tertiary/aromatic N) is 2. The molecule has 1 saturated heterocycles. The molecule has 1 N–H and O–H groups in total. The number of hydrogen-bond donors (Lipinski definition) is 1. The summed E-state index contributed by atoms with van der Waals surface area (Å²) in [5.74, 6) is -0.459. The van der Waals surface area contributed by atoms with Gasteiger partial charge in [-0.05, 0) is 47.5 Å². The largest absolute Gasteiger partial charge is 0.383 e. The summed E-state index contributed by atoms with van der Waals surface area (Å²) in [4.78, 5) is 39.8. The highest BCUT2D eigenvalue weighted by Crippen LogP contribution is 2.35. The Labute approximate surface area is 213 Å². The fourth-order valence-electron chi connectivity index (χ4n) is 4.04. The summed E-state index contributed by atoms with van der Waals surface area (Å²) in [5, 5.41) is 4.06. The number of nitrogens with one attached hydrogen (secondary N) is 1. The molecular formula is C26H26ClN3O4S. The summed E-state index contributed by atoms with van der Waals surface area (Å²) in [5.41, 5.74) is 3.66. The van der Waals surface area contributed by atoms with Crippen molar-refractivity contribution >= 4 is 57.4 Å². The van der Waals surface area contributed by atoms with Crippen LogP contribution < -0.4 is 5.32 Å². The van der Waals surface area contributed by atoms with Crippen LogP contribution in [0.25, 0.3) is 17.0 Å². The maximum Gasteiger partial charge on any atom is 0.293 e. The molecule has 0 bridgehead atoms. The van der Waals surface area contributed by atoms with Crippen LogP contribution in [-0.2, 0) is 33.8 Å². The van der Waals surface area contributed by atoms with Gasteiger partial charge in [0.25, 0.3) is 11.1 Å². The second-order valence-electron chi connectivity index (χ2n) is 8.12. The van der Waals surface area contributed by atoms with E-state index in [-0.39, 0.29) is 30.1 Å². The second kappa shape index (κ2) is 11.1. The van der Waals surface area contributed by atoms with Crippen LogP contribution in [0.5, 0.6) is 0 Å². The molecule has 2 aromatic carbocycles. The minimum Gasteiger partial charge on any atom is -0.383 e. The van der Waals surface area contributed by atoms with Gasteiger partial charge >= 0.3 is 0 Å². The van der Waals surface area contributed by atoms with Gasteiger partial charge in [0.15, 0.2) is 0 Å². The number of para-hydroxylation sites is 1. The molecule has 1 aliphatic rings. The SMILES string of the molecule is CCc1cccc2c(/C=C3\SC(=O)N(Cc4ccc(Cl)cc4)C3=O)cn(CC(=O)NCCOC)c12. The molecule has 0 radical (unpaired) electrons. The number of thioether (sulfide) groups is 1. The van der Waals surface area contributed by atoms with Crippen molar-refractivity contribution in [3.63, 3.8) is 0 Å². The Kier molecular flexibility index (Phi) is 7.95. The standard InChI is InChI=1S/C26H26ClN3O4S/c1-3-18-5-4-6-21-19(15-29(24(18)21)16-23(31)28-11-12-34-2)13-22-25(32)30(26(33)35-22)14-17-7-9-20(27)10-8-17/h4-10,13,15H,3,11-12,14,16H2,1-2H3,(H,28,31)/b22-13-. The van der Waals surface area contributed by atoms with Crippen molar-refractivity contribution < 1.29 is 19.1 Å². The van der Waals surface area contributed by atoms with E-state index in [1.54, 1.807) is 37.5 Å². The van der Waals surface area contributed by atoms with E-state index in [0.29, 0.717) is 23.1 Å². The smallest absolute Gasteiger partial charge is 0.293 e. The predicted octanol–water partition coefficient (Wildman–Crippen LogP) is 4.86. The lowest BCUT2D eigenvalue weighted by atomic mass is 10.1. The number of methoxy groups -OCH3 is 1. The number of amides is 3. The molecule has 0 spiro atoms. The number of rotatable bonds is 9. The third kappa shape index (κ3) is 5.61. The molecule has 182 valence electrons. The average Bonchev–Trinajstić information content (AvgIpc) is 3.32. The zero-order chi connectivity index (χ0) is 24.9. The number of imide groups is 1. The van der Waals surface area contributed by atoms with Crippen LogP contribution in [0.4, 0.5) is 4.79 Å². The Bertz CT molecular complexity index is 1300. The summed E-state index contributed by atoms with van der Waals surface area (Å²) in [7, 11) is 1.59. The summed E-state index contributed by atoms with van der Waals surface area (Å²) >= 11 is 6.86. The first-order valence-electron chi connectivity index (χ1n) is 11.3. The molecule has 9 heteroatoms. The summed E-state index contributed by atoms with van der Waals surface area (Å²) in [6, 6.07) is 13.0. The summed E-state index contributed by atoms with van der Waals surface area (Å²) in [6.07, 6.45) is 4.41. The van der Waals surface area contributed by atoms with Gasteiger partial charge in [-0.2, -0.15) is 0 Å². The number of hydrogen-bond acceptors (Lipinski definition) is 5. The van der Waals surface area contributed by atoms with Gasteiger partial charge in [0.05, 0.1) is 23.6 Å². The Balaban J connectivity index is 1.63. The molecule has 2 heterocycles. The highest BCUT2D eigenvalue weighted by molar-refractivity contribution is 8.18.